The highest BCUT2D eigenvalue weighted by Crippen LogP contribution is 2.27. The van der Waals surface area contributed by atoms with Crippen LogP contribution in [0.15, 0.2) is 0 Å². The zero-order valence-electron chi connectivity index (χ0n) is 9.84. The molecule has 1 heterocycles. The average molecular weight is 217 g/mol. The van der Waals surface area contributed by atoms with Crippen LogP contribution >= 0.6 is 12.6 Å². The predicted octanol–water partition coefficient (Wildman–Crippen LogP) is 2.20. The summed E-state index contributed by atoms with van der Waals surface area (Å²) in [6, 6.07) is 0. The maximum atomic E-state index is 6.01. The topological polar surface area (TPSA) is 12.5 Å². The van der Waals surface area contributed by atoms with Crippen molar-refractivity contribution >= 4 is 12.6 Å². The summed E-state index contributed by atoms with van der Waals surface area (Å²) < 4.78 is 6.01. The Balaban J connectivity index is 2.53. The SMILES string of the molecule is CC1(C)CN(CCCS)CC(C)(C)O1. The number of thiol groups is 1. The Morgan fingerprint density at radius 2 is 1.64 bits per heavy atom. The van der Waals surface area contributed by atoms with Crippen LogP contribution in [-0.2, 0) is 4.74 Å². The fourth-order valence-electron chi connectivity index (χ4n) is 2.40. The van der Waals surface area contributed by atoms with Gasteiger partial charge in [0, 0.05) is 13.1 Å². The van der Waals surface area contributed by atoms with Gasteiger partial charge in [-0.3, -0.25) is 4.90 Å². The van der Waals surface area contributed by atoms with Gasteiger partial charge in [0.05, 0.1) is 11.2 Å². The lowest BCUT2D eigenvalue weighted by Crippen LogP contribution is -2.57. The second-order valence-electron chi connectivity index (χ2n) is 5.41. The summed E-state index contributed by atoms with van der Waals surface area (Å²) in [6.07, 6.45) is 1.16. The second-order valence-corrected chi connectivity index (χ2v) is 5.86. The van der Waals surface area contributed by atoms with Gasteiger partial charge in [0.25, 0.3) is 0 Å². The normalized spacial score (nSPS) is 26.4. The summed E-state index contributed by atoms with van der Waals surface area (Å²) in [4.78, 5) is 2.49. The van der Waals surface area contributed by atoms with Crippen LogP contribution in [-0.4, -0.2) is 41.5 Å². The Hall–Kier alpha value is 0.270. The van der Waals surface area contributed by atoms with Crippen LogP contribution in [0.5, 0.6) is 0 Å². The molecule has 0 aromatic rings. The van der Waals surface area contributed by atoms with Gasteiger partial charge in [-0.05, 0) is 46.4 Å². The second kappa shape index (κ2) is 4.42. The fourth-order valence-corrected chi connectivity index (χ4v) is 2.54. The fraction of sp³-hybridized carbons (Fsp3) is 1.00. The van der Waals surface area contributed by atoms with Crippen molar-refractivity contribution in [1.29, 1.82) is 0 Å². The van der Waals surface area contributed by atoms with Crippen LogP contribution in [0, 0.1) is 0 Å². The monoisotopic (exact) mass is 217 g/mol. The Morgan fingerprint density at radius 3 is 2.07 bits per heavy atom. The highest BCUT2D eigenvalue weighted by molar-refractivity contribution is 7.80. The molecule has 0 spiro atoms. The molecule has 2 nitrogen and oxygen atoms in total. The van der Waals surface area contributed by atoms with Crippen molar-refractivity contribution in [1.82, 2.24) is 4.90 Å². The molecule has 1 rings (SSSR count). The molecule has 84 valence electrons. The van der Waals surface area contributed by atoms with Gasteiger partial charge in [-0.15, -0.1) is 0 Å². The molecule has 1 aliphatic rings. The Morgan fingerprint density at radius 1 is 1.14 bits per heavy atom. The lowest BCUT2D eigenvalue weighted by molar-refractivity contribution is -0.180. The minimum Gasteiger partial charge on any atom is -0.367 e. The van der Waals surface area contributed by atoms with Crippen molar-refractivity contribution in [3.8, 4) is 0 Å². The predicted molar refractivity (Wildman–Crippen MR) is 64.2 cm³/mol. The van der Waals surface area contributed by atoms with E-state index in [-0.39, 0.29) is 11.2 Å². The van der Waals surface area contributed by atoms with E-state index in [1.807, 2.05) is 0 Å². The number of hydrogen-bond donors (Lipinski definition) is 1. The van der Waals surface area contributed by atoms with Gasteiger partial charge in [-0.25, -0.2) is 0 Å². The van der Waals surface area contributed by atoms with Gasteiger partial charge in [0.2, 0.25) is 0 Å². The van der Waals surface area contributed by atoms with Gasteiger partial charge in [-0.1, -0.05) is 0 Å². The third kappa shape index (κ3) is 3.79. The van der Waals surface area contributed by atoms with Crippen LogP contribution in [0.4, 0.5) is 0 Å². The number of morpholine rings is 1. The summed E-state index contributed by atoms with van der Waals surface area (Å²) >= 11 is 4.25. The van der Waals surface area contributed by atoms with E-state index in [0.717, 1.165) is 31.8 Å². The molecular weight excluding hydrogens is 194 g/mol. The van der Waals surface area contributed by atoms with E-state index in [0.29, 0.717) is 0 Å². The first-order valence-electron chi connectivity index (χ1n) is 5.38. The van der Waals surface area contributed by atoms with E-state index in [9.17, 15) is 0 Å². The molecule has 14 heavy (non-hydrogen) atoms. The van der Waals surface area contributed by atoms with Crippen LogP contribution < -0.4 is 0 Å². The van der Waals surface area contributed by atoms with Gasteiger partial charge >= 0.3 is 0 Å². The van der Waals surface area contributed by atoms with Crippen molar-refractivity contribution in [2.75, 3.05) is 25.4 Å². The molecular formula is C11H23NOS. The summed E-state index contributed by atoms with van der Waals surface area (Å²) in [5, 5.41) is 0. The quantitative estimate of drug-likeness (QED) is 0.728. The van der Waals surface area contributed by atoms with E-state index in [1.165, 1.54) is 0 Å². The third-order valence-corrected chi connectivity index (χ3v) is 2.71. The summed E-state index contributed by atoms with van der Waals surface area (Å²) in [5.41, 5.74) is -0.0311. The Bertz CT molecular complexity index is 176. The van der Waals surface area contributed by atoms with E-state index in [4.69, 9.17) is 4.74 Å². The molecule has 0 N–H and O–H groups in total. The van der Waals surface area contributed by atoms with E-state index in [1.54, 1.807) is 0 Å². The average Bonchev–Trinajstić information content (AvgIpc) is 1.94. The van der Waals surface area contributed by atoms with Crippen LogP contribution in [0.3, 0.4) is 0 Å². The molecule has 0 atom stereocenters. The van der Waals surface area contributed by atoms with Crippen LogP contribution in [0.1, 0.15) is 34.1 Å². The molecule has 0 amide bonds. The summed E-state index contributed by atoms with van der Waals surface area (Å²) in [6.45, 7) is 11.9. The summed E-state index contributed by atoms with van der Waals surface area (Å²) in [7, 11) is 0. The number of nitrogens with zero attached hydrogens (tertiary/aromatic N) is 1. The molecule has 0 bridgehead atoms. The van der Waals surface area contributed by atoms with Gasteiger partial charge < -0.3 is 4.74 Å². The summed E-state index contributed by atoms with van der Waals surface area (Å²) in [5.74, 6) is 0.970. The number of rotatable bonds is 3. The zero-order chi connectivity index (χ0) is 10.8. The van der Waals surface area contributed by atoms with Crippen molar-refractivity contribution in [3.63, 3.8) is 0 Å². The van der Waals surface area contributed by atoms with Crippen molar-refractivity contribution < 1.29 is 4.74 Å². The maximum absolute atomic E-state index is 6.01. The minimum absolute atomic E-state index is 0.0155. The first kappa shape index (κ1) is 12.3. The molecule has 1 saturated heterocycles. The standard InChI is InChI=1S/C11H23NOS/c1-10(2)8-12(6-5-7-14)9-11(3,4)13-10/h14H,5-9H2,1-4H3. The minimum atomic E-state index is -0.0155. The van der Waals surface area contributed by atoms with Gasteiger partial charge in [-0.2, -0.15) is 12.6 Å². The molecule has 0 unspecified atom stereocenters. The van der Waals surface area contributed by atoms with Crippen LogP contribution in [0.25, 0.3) is 0 Å². The molecule has 1 aliphatic heterocycles. The molecule has 0 saturated carbocycles. The van der Waals surface area contributed by atoms with Gasteiger partial charge in [0.1, 0.15) is 0 Å². The van der Waals surface area contributed by atoms with E-state index in [2.05, 4.69) is 45.2 Å². The lowest BCUT2D eigenvalue weighted by Gasteiger charge is -2.47. The van der Waals surface area contributed by atoms with Gasteiger partial charge in [0.15, 0.2) is 0 Å². The number of ether oxygens (including phenoxy) is 1. The largest absolute Gasteiger partial charge is 0.367 e. The van der Waals surface area contributed by atoms with Crippen molar-refractivity contribution in [2.24, 2.45) is 0 Å². The molecule has 0 aromatic heterocycles. The molecule has 0 radical (unpaired) electrons. The third-order valence-electron chi connectivity index (χ3n) is 2.39. The number of hydrogen-bond acceptors (Lipinski definition) is 3. The van der Waals surface area contributed by atoms with Crippen molar-refractivity contribution in [2.45, 2.75) is 45.3 Å². The van der Waals surface area contributed by atoms with E-state index < -0.39 is 0 Å². The molecule has 0 aromatic carbocycles. The lowest BCUT2D eigenvalue weighted by atomic mass is 9.99. The molecule has 1 fully saturated rings. The van der Waals surface area contributed by atoms with Crippen molar-refractivity contribution in [3.05, 3.63) is 0 Å². The molecule has 3 heteroatoms. The van der Waals surface area contributed by atoms with Crippen LogP contribution in [0.2, 0.25) is 0 Å². The Labute approximate surface area is 93.4 Å². The molecule has 0 aliphatic carbocycles. The van der Waals surface area contributed by atoms with E-state index >= 15 is 0 Å². The highest BCUT2D eigenvalue weighted by Gasteiger charge is 2.37. The Kier molecular flexibility index (Phi) is 3.89. The maximum Gasteiger partial charge on any atom is 0.0760 e. The first-order chi connectivity index (χ1) is 6.35. The first-order valence-corrected chi connectivity index (χ1v) is 6.01. The highest BCUT2D eigenvalue weighted by atomic mass is 32.1. The zero-order valence-corrected chi connectivity index (χ0v) is 10.7. The smallest absolute Gasteiger partial charge is 0.0760 e.